The molecule has 0 amide bonds. The Hall–Kier alpha value is -2.17. The summed E-state index contributed by atoms with van der Waals surface area (Å²) in [4.78, 5) is 11.2. The summed E-state index contributed by atoms with van der Waals surface area (Å²) in [6.45, 7) is 5.16. The van der Waals surface area contributed by atoms with Gasteiger partial charge in [-0.1, -0.05) is 19.1 Å². The van der Waals surface area contributed by atoms with Crippen molar-refractivity contribution in [3.8, 4) is 0 Å². The second-order valence-electron chi connectivity index (χ2n) is 6.21. The van der Waals surface area contributed by atoms with Gasteiger partial charge in [-0.05, 0) is 48.9 Å². The largest absolute Gasteiger partial charge is 0.356 e. The van der Waals surface area contributed by atoms with Crippen LogP contribution in [0.3, 0.4) is 0 Å². The molecule has 2 aromatic rings. The molecule has 3 rings (SSSR count). The first-order valence-electron chi connectivity index (χ1n) is 8.27. The lowest BCUT2D eigenvalue weighted by molar-refractivity contribution is 0.436. The van der Waals surface area contributed by atoms with Gasteiger partial charge < -0.3 is 10.2 Å². The van der Waals surface area contributed by atoms with E-state index in [0.717, 1.165) is 43.4 Å². The van der Waals surface area contributed by atoms with Gasteiger partial charge in [0.15, 0.2) is 0 Å². The monoisotopic (exact) mass is 314 g/mol. The van der Waals surface area contributed by atoms with Crippen LogP contribution in [-0.4, -0.2) is 29.6 Å². The number of hydrogen-bond donors (Lipinski definition) is 1. The SMILES string of the molecule is CC1CCN(c2ccnc(NCCc3ccc(F)cc3)n2)CC1. The van der Waals surface area contributed by atoms with Gasteiger partial charge in [-0.15, -0.1) is 0 Å². The number of anilines is 2. The van der Waals surface area contributed by atoms with E-state index < -0.39 is 0 Å². The van der Waals surface area contributed by atoms with Gasteiger partial charge in [0, 0.05) is 25.8 Å². The van der Waals surface area contributed by atoms with Crippen LogP contribution in [0, 0.1) is 11.7 Å². The number of halogens is 1. The number of rotatable bonds is 5. The zero-order chi connectivity index (χ0) is 16.1. The van der Waals surface area contributed by atoms with Crippen LogP contribution < -0.4 is 10.2 Å². The van der Waals surface area contributed by atoms with Gasteiger partial charge in [0.05, 0.1) is 0 Å². The fourth-order valence-electron chi connectivity index (χ4n) is 2.82. The molecule has 1 aliphatic heterocycles. The number of nitrogens with one attached hydrogen (secondary N) is 1. The minimum atomic E-state index is -0.200. The predicted octanol–water partition coefficient (Wildman–Crippen LogP) is 3.51. The third-order valence-corrected chi connectivity index (χ3v) is 4.36. The molecule has 1 aliphatic rings. The quantitative estimate of drug-likeness (QED) is 0.917. The van der Waals surface area contributed by atoms with Gasteiger partial charge in [-0.25, -0.2) is 9.37 Å². The van der Waals surface area contributed by atoms with Crippen LogP contribution in [0.4, 0.5) is 16.2 Å². The maximum absolute atomic E-state index is 12.9. The van der Waals surface area contributed by atoms with Crippen LogP contribution in [0.5, 0.6) is 0 Å². The minimum absolute atomic E-state index is 0.200. The molecule has 4 nitrogen and oxygen atoms in total. The Labute approximate surface area is 136 Å². The number of nitrogens with zero attached hydrogens (tertiary/aromatic N) is 3. The average Bonchev–Trinajstić information content (AvgIpc) is 2.58. The standard InChI is InChI=1S/C18H23FN4/c1-14-8-12-23(13-9-14)17-7-11-21-18(22-17)20-10-6-15-2-4-16(19)5-3-15/h2-5,7,11,14H,6,8-10,12-13H2,1H3,(H,20,21,22). The molecular formula is C18H23FN4. The highest BCUT2D eigenvalue weighted by Crippen LogP contribution is 2.21. The zero-order valence-electron chi connectivity index (χ0n) is 13.5. The molecule has 2 heterocycles. The highest BCUT2D eigenvalue weighted by molar-refractivity contribution is 5.42. The van der Waals surface area contributed by atoms with Crippen LogP contribution in [0.25, 0.3) is 0 Å². The topological polar surface area (TPSA) is 41.1 Å². The molecule has 23 heavy (non-hydrogen) atoms. The fraction of sp³-hybridized carbons (Fsp3) is 0.444. The molecule has 0 bridgehead atoms. The molecular weight excluding hydrogens is 291 g/mol. The van der Waals surface area contributed by atoms with Gasteiger partial charge in [-0.2, -0.15) is 4.98 Å². The van der Waals surface area contributed by atoms with E-state index in [1.807, 2.05) is 18.2 Å². The summed E-state index contributed by atoms with van der Waals surface area (Å²) >= 11 is 0. The first kappa shape index (κ1) is 15.7. The van der Waals surface area contributed by atoms with Crippen LogP contribution in [0.1, 0.15) is 25.3 Å². The third-order valence-electron chi connectivity index (χ3n) is 4.36. The van der Waals surface area contributed by atoms with Crippen molar-refractivity contribution in [2.75, 3.05) is 29.9 Å². The molecule has 1 fully saturated rings. The van der Waals surface area contributed by atoms with E-state index >= 15 is 0 Å². The van der Waals surface area contributed by atoms with Crippen molar-refractivity contribution < 1.29 is 4.39 Å². The Morgan fingerprint density at radius 3 is 2.65 bits per heavy atom. The summed E-state index contributed by atoms with van der Waals surface area (Å²) in [5, 5.41) is 3.25. The molecule has 0 atom stereocenters. The van der Waals surface area contributed by atoms with Crippen molar-refractivity contribution in [3.05, 3.63) is 47.9 Å². The lowest BCUT2D eigenvalue weighted by Crippen LogP contribution is -2.33. The minimum Gasteiger partial charge on any atom is -0.356 e. The van der Waals surface area contributed by atoms with Crippen molar-refractivity contribution in [1.29, 1.82) is 0 Å². The van der Waals surface area contributed by atoms with Gasteiger partial charge in [0.1, 0.15) is 11.6 Å². The van der Waals surface area contributed by atoms with E-state index in [1.54, 1.807) is 6.20 Å². The number of piperidine rings is 1. The van der Waals surface area contributed by atoms with Gasteiger partial charge >= 0.3 is 0 Å². The predicted molar refractivity (Wildman–Crippen MR) is 91.2 cm³/mol. The van der Waals surface area contributed by atoms with Crippen LogP contribution in [-0.2, 0) is 6.42 Å². The molecule has 0 radical (unpaired) electrons. The van der Waals surface area contributed by atoms with Crippen molar-refractivity contribution in [3.63, 3.8) is 0 Å². The molecule has 5 heteroatoms. The molecule has 1 N–H and O–H groups in total. The lowest BCUT2D eigenvalue weighted by atomic mass is 9.99. The number of aromatic nitrogens is 2. The van der Waals surface area contributed by atoms with Crippen molar-refractivity contribution >= 4 is 11.8 Å². The lowest BCUT2D eigenvalue weighted by Gasteiger charge is -2.31. The summed E-state index contributed by atoms with van der Waals surface area (Å²) in [6, 6.07) is 8.57. The van der Waals surface area contributed by atoms with Crippen molar-refractivity contribution in [2.45, 2.75) is 26.2 Å². The zero-order valence-corrected chi connectivity index (χ0v) is 13.5. The Balaban J connectivity index is 1.54. The molecule has 122 valence electrons. The average molecular weight is 314 g/mol. The third kappa shape index (κ3) is 4.41. The van der Waals surface area contributed by atoms with E-state index in [0.29, 0.717) is 5.95 Å². The van der Waals surface area contributed by atoms with Crippen molar-refractivity contribution in [1.82, 2.24) is 9.97 Å². The van der Waals surface area contributed by atoms with Gasteiger partial charge in [0.2, 0.25) is 5.95 Å². The summed E-state index contributed by atoms with van der Waals surface area (Å²) in [5.41, 5.74) is 1.10. The van der Waals surface area contributed by atoms with Crippen LogP contribution in [0.15, 0.2) is 36.5 Å². The normalized spacial score (nSPS) is 15.7. The maximum atomic E-state index is 12.9. The second kappa shape index (κ2) is 7.40. The highest BCUT2D eigenvalue weighted by Gasteiger charge is 2.17. The molecule has 1 aromatic heterocycles. The summed E-state index contributed by atoms with van der Waals surface area (Å²) in [5.74, 6) is 2.26. The smallest absolute Gasteiger partial charge is 0.224 e. The Kier molecular flexibility index (Phi) is 5.05. The Morgan fingerprint density at radius 1 is 1.17 bits per heavy atom. The van der Waals surface area contributed by atoms with Crippen molar-refractivity contribution in [2.24, 2.45) is 5.92 Å². The van der Waals surface area contributed by atoms with E-state index in [4.69, 9.17) is 0 Å². The molecule has 0 unspecified atom stereocenters. The molecule has 0 saturated carbocycles. The molecule has 0 aliphatic carbocycles. The van der Waals surface area contributed by atoms with Gasteiger partial charge in [0.25, 0.3) is 0 Å². The van der Waals surface area contributed by atoms with E-state index in [-0.39, 0.29) is 5.82 Å². The summed E-state index contributed by atoms with van der Waals surface area (Å²) in [7, 11) is 0. The molecule has 1 saturated heterocycles. The van der Waals surface area contributed by atoms with Crippen LogP contribution in [0.2, 0.25) is 0 Å². The second-order valence-corrected chi connectivity index (χ2v) is 6.21. The first-order chi connectivity index (χ1) is 11.2. The van der Waals surface area contributed by atoms with Crippen LogP contribution >= 0.6 is 0 Å². The summed E-state index contributed by atoms with van der Waals surface area (Å²) in [6.07, 6.45) is 5.06. The number of benzene rings is 1. The summed E-state index contributed by atoms with van der Waals surface area (Å²) < 4.78 is 12.9. The molecule has 0 spiro atoms. The highest BCUT2D eigenvalue weighted by atomic mass is 19.1. The van der Waals surface area contributed by atoms with E-state index in [1.165, 1.54) is 25.0 Å². The fourth-order valence-corrected chi connectivity index (χ4v) is 2.82. The Bertz CT molecular complexity index is 621. The number of hydrogen-bond acceptors (Lipinski definition) is 4. The maximum Gasteiger partial charge on any atom is 0.224 e. The Morgan fingerprint density at radius 2 is 1.91 bits per heavy atom. The van der Waals surface area contributed by atoms with Gasteiger partial charge in [-0.3, -0.25) is 0 Å². The van der Waals surface area contributed by atoms with E-state index in [9.17, 15) is 4.39 Å². The first-order valence-corrected chi connectivity index (χ1v) is 8.27. The molecule has 1 aromatic carbocycles. The van der Waals surface area contributed by atoms with E-state index in [2.05, 4.69) is 27.1 Å².